The summed E-state index contributed by atoms with van der Waals surface area (Å²) < 4.78 is 5.63. The Labute approximate surface area is 184 Å². The first-order valence-corrected chi connectivity index (χ1v) is 10.9. The number of rotatable bonds is 6. The summed E-state index contributed by atoms with van der Waals surface area (Å²) >= 11 is 1.42. The SMILES string of the molecule is CC(C)Oc1ccc(/C([O-])=C2\C(=O)C(=O)N(Cc3ccc[nH+]c3)C2c2cccs2)cc1. The molecule has 1 unspecified atom stereocenters. The number of benzene rings is 1. The van der Waals surface area contributed by atoms with Crippen LogP contribution in [0, 0.1) is 0 Å². The van der Waals surface area contributed by atoms with Crippen LogP contribution in [0.3, 0.4) is 0 Å². The molecule has 1 aromatic carbocycles. The maximum atomic E-state index is 13.4. The van der Waals surface area contributed by atoms with Crippen LogP contribution in [-0.4, -0.2) is 22.7 Å². The van der Waals surface area contributed by atoms with Crippen molar-refractivity contribution in [3.8, 4) is 5.75 Å². The predicted octanol–water partition coefficient (Wildman–Crippen LogP) is 2.77. The number of pyridine rings is 1. The number of amides is 1. The Bertz CT molecular complexity index is 1110. The second-order valence-corrected chi connectivity index (χ2v) is 8.50. The third-order valence-corrected chi connectivity index (χ3v) is 5.88. The summed E-state index contributed by atoms with van der Waals surface area (Å²) in [6.45, 7) is 4.06. The number of hydrogen-bond donors (Lipinski definition) is 0. The van der Waals surface area contributed by atoms with Crippen LogP contribution in [0.2, 0.25) is 0 Å². The summed E-state index contributed by atoms with van der Waals surface area (Å²) in [6.07, 6.45) is 3.55. The van der Waals surface area contributed by atoms with Crippen LogP contribution >= 0.6 is 11.3 Å². The van der Waals surface area contributed by atoms with Crippen molar-refractivity contribution in [2.45, 2.75) is 32.5 Å². The molecule has 1 fully saturated rings. The normalized spacial score (nSPS) is 18.0. The Morgan fingerprint density at radius 1 is 1.16 bits per heavy atom. The number of nitrogens with one attached hydrogen (secondary N) is 1. The molecule has 4 rings (SSSR count). The number of ketones is 1. The second-order valence-electron chi connectivity index (χ2n) is 7.53. The minimum atomic E-state index is -0.745. The number of ether oxygens (including phenoxy) is 1. The molecule has 3 heterocycles. The number of thiophene rings is 1. The molecule has 1 aliphatic heterocycles. The highest BCUT2D eigenvalue weighted by atomic mass is 32.1. The van der Waals surface area contributed by atoms with E-state index in [1.165, 1.54) is 16.2 Å². The Hall–Kier alpha value is -3.45. The van der Waals surface area contributed by atoms with E-state index in [9.17, 15) is 14.7 Å². The minimum absolute atomic E-state index is 0.00936. The van der Waals surface area contributed by atoms with Crippen molar-refractivity contribution >= 4 is 28.8 Å². The molecule has 7 heteroatoms. The molecule has 1 N–H and O–H groups in total. The number of hydrogen-bond acceptors (Lipinski definition) is 5. The van der Waals surface area contributed by atoms with Crippen LogP contribution in [0.15, 0.2) is 71.9 Å². The maximum Gasteiger partial charge on any atom is 0.295 e. The topological polar surface area (TPSA) is 83.8 Å². The van der Waals surface area contributed by atoms with Gasteiger partial charge in [-0.2, -0.15) is 0 Å². The standard InChI is InChI=1S/C24H22N2O4S/c1-15(2)30-18-9-7-17(8-10-18)22(27)20-21(19-6-4-12-31-19)26(24(29)23(20)28)14-16-5-3-11-25-13-16/h3-13,15,21,27H,14H2,1-2H3/b22-20+. The number of likely N-dealkylation sites (tertiary alicyclic amines) is 1. The molecule has 0 aliphatic carbocycles. The van der Waals surface area contributed by atoms with Crippen molar-refractivity contribution in [2.24, 2.45) is 0 Å². The fraction of sp³-hybridized carbons (Fsp3) is 0.208. The van der Waals surface area contributed by atoms with Gasteiger partial charge in [0, 0.05) is 22.1 Å². The van der Waals surface area contributed by atoms with Gasteiger partial charge in [-0.3, -0.25) is 9.59 Å². The molecular weight excluding hydrogens is 412 g/mol. The Morgan fingerprint density at radius 2 is 1.94 bits per heavy atom. The van der Waals surface area contributed by atoms with Gasteiger partial charge in [0.15, 0.2) is 12.4 Å². The second kappa shape index (κ2) is 8.73. The molecule has 0 bridgehead atoms. The van der Waals surface area contributed by atoms with Gasteiger partial charge >= 0.3 is 0 Å². The van der Waals surface area contributed by atoms with Gasteiger partial charge in [-0.25, -0.2) is 4.98 Å². The number of carbonyl (C=O) groups is 2. The largest absolute Gasteiger partial charge is 0.872 e. The van der Waals surface area contributed by atoms with Crippen molar-refractivity contribution in [2.75, 3.05) is 0 Å². The zero-order chi connectivity index (χ0) is 22.0. The number of carbonyl (C=O) groups excluding carboxylic acids is 2. The van der Waals surface area contributed by atoms with Gasteiger partial charge in [-0.05, 0) is 49.1 Å². The lowest BCUT2D eigenvalue weighted by Crippen LogP contribution is -2.29. The van der Waals surface area contributed by atoms with E-state index < -0.39 is 23.5 Å². The van der Waals surface area contributed by atoms with Crippen LogP contribution < -0.4 is 14.8 Å². The van der Waals surface area contributed by atoms with Crippen molar-refractivity contribution in [1.29, 1.82) is 0 Å². The van der Waals surface area contributed by atoms with Crippen molar-refractivity contribution in [3.63, 3.8) is 0 Å². The minimum Gasteiger partial charge on any atom is -0.872 e. The smallest absolute Gasteiger partial charge is 0.295 e. The van der Waals surface area contributed by atoms with E-state index in [2.05, 4.69) is 4.98 Å². The maximum absolute atomic E-state index is 13.4. The Balaban J connectivity index is 1.76. The molecule has 158 valence electrons. The summed E-state index contributed by atoms with van der Waals surface area (Å²) in [5.74, 6) is -1.20. The molecule has 0 radical (unpaired) electrons. The third-order valence-electron chi connectivity index (χ3n) is 4.95. The van der Waals surface area contributed by atoms with Crippen molar-refractivity contribution in [3.05, 3.63) is 87.9 Å². The zero-order valence-electron chi connectivity index (χ0n) is 17.2. The van der Waals surface area contributed by atoms with E-state index >= 15 is 0 Å². The molecule has 6 nitrogen and oxygen atoms in total. The number of aromatic nitrogens is 1. The van der Waals surface area contributed by atoms with E-state index in [-0.39, 0.29) is 18.2 Å². The summed E-state index contributed by atoms with van der Waals surface area (Å²) in [5.41, 5.74) is 1.18. The predicted molar refractivity (Wildman–Crippen MR) is 115 cm³/mol. The van der Waals surface area contributed by atoms with E-state index in [1.54, 1.807) is 36.7 Å². The van der Waals surface area contributed by atoms with Crippen LogP contribution in [0.5, 0.6) is 5.75 Å². The van der Waals surface area contributed by atoms with Crippen molar-refractivity contribution < 1.29 is 24.4 Å². The van der Waals surface area contributed by atoms with Crippen LogP contribution in [0.25, 0.3) is 5.76 Å². The van der Waals surface area contributed by atoms with Gasteiger partial charge in [0.2, 0.25) is 5.78 Å². The molecule has 2 aromatic heterocycles. The van der Waals surface area contributed by atoms with Gasteiger partial charge < -0.3 is 14.7 Å². The van der Waals surface area contributed by atoms with Crippen LogP contribution in [0.1, 0.15) is 35.9 Å². The summed E-state index contributed by atoms with van der Waals surface area (Å²) in [7, 11) is 0. The first kappa shape index (κ1) is 20.8. The van der Waals surface area contributed by atoms with Gasteiger partial charge in [0.25, 0.3) is 5.91 Å². The molecule has 3 aromatic rings. The lowest BCUT2D eigenvalue weighted by molar-refractivity contribution is -0.378. The monoisotopic (exact) mass is 434 g/mol. The van der Waals surface area contributed by atoms with E-state index in [0.29, 0.717) is 11.3 Å². The van der Waals surface area contributed by atoms with Gasteiger partial charge in [-0.1, -0.05) is 24.0 Å². The molecular formula is C24H22N2O4S. The fourth-order valence-electron chi connectivity index (χ4n) is 3.61. The summed E-state index contributed by atoms with van der Waals surface area (Å²) in [4.78, 5) is 31.1. The molecule has 1 atom stereocenters. The summed E-state index contributed by atoms with van der Waals surface area (Å²) in [5, 5.41) is 15.2. The average Bonchev–Trinajstić information content (AvgIpc) is 3.37. The Kier molecular flexibility index (Phi) is 5.86. The Morgan fingerprint density at radius 3 is 2.55 bits per heavy atom. The fourth-order valence-corrected chi connectivity index (χ4v) is 4.46. The third kappa shape index (κ3) is 4.22. The highest BCUT2D eigenvalue weighted by Gasteiger charge is 2.44. The lowest BCUT2D eigenvalue weighted by Gasteiger charge is -2.26. The number of Topliss-reactive ketones (excluding diaryl/α,β-unsaturated/α-hetero) is 1. The molecule has 1 aliphatic rings. The molecule has 1 saturated heterocycles. The molecule has 1 amide bonds. The average molecular weight is 435 g/mol. The summed E-state index contributed by atoms with van der Waals surface area (Å²) in [6, 6.07) is 13.3. The van der Waals surface area contributed by atoms with Gasteiger partial charge in [0.1, 0.15) is 5.75 Å². The van der Waals surface area contributed by atoms with E-state index in [4.69, 9.17) is 4.74 Å². The van der Waals surface area contributed by atoms with Crippen LogP contribution in [0.4, 0.5) is 0 Å². The lowest BCUT2D eigenvalue weighted by atomic mass is 9.99. The van der Waals surface area contributed by atoms with Gasteiger partial charge in [-0.15, -0.1) is 11.3 Å². The molecule has 0 spiro atoms. The van der Waals surface area contributed by atoms with E-state index in [1.807, 2.05) is 43.5 Å². The van der Waals surface area contributed by atoms with E-state index in [0.717, 1.165) is 10.4 Å². The van der Waals surface area contributed by atoms with Gasteiger partial charge in [0.05, 0.1) is 18.7 Å². The van der Waals surface area contributed by atoms with Crippen molar-refractivity contribution in [1.82, 2.24) is 4.90 Å². The highest BCUT2D eigenvalue weighted by Crippen LogP contribution is 2.41. The van der Waals surface area contributed by atoms with Crippen LogP contribution in [-0.2, 0) is 16.1 Å². The first-order valence-electron chi connectivity index (χ1n) is 9.97. The molecule has 0 saturated carbocycles. The quantitative estimate of drug-likeness (QED) is 0.339. The highest BCUT2D eigenvalue weighted by molar-refractivity contribution is 7.10. The zero-order valence-corrected chi connectivity index (χ0v) is 18.0. The first-order chi connectivity index (χ1) is 15.0. The number of nitrogens with zero attached hydrogens (tertiary/aromatic N) is 1. The number of H-pyrrole nitrogens is 1. The number of aromatic amines is 1. The molecule has 31 heavy (non-hydrogen) atoms.